The lowest BCUT2D eigenvalue weighted by Crippen LogP contribution is -2.09. The van der Waals surface area contributed by atoms with Gasteiger partial charge in [0, 0.05) is 6.54 Å². The number of rotatable bonds is 5. The van der Waals surface area contributed by atoms with Crippen molar-refractivity contribution in [3.05, 3.63) is 17.0 Å². The van der Waals surface area contributed by atoms with Gasteiger partial charge in [0.15, 0.2) is 10.8 Å². The maximum Gasteiger partial charge on any atom is 0.359 e. The Kier molecular flexibility index (Phi) is 4.98. The lowest BCUT2D eigenvalue weighted by molar-refractivity contribution is 0.0594. The van der Waals surface area contributed by atoms with Crippen molar-refractivity contribution in [2.75, 3.05) is 19.0 Å². The highest BCUT2D eigenvalue weighted by Crippen LogP contribution is 2.14. The minimum absolute atomic E-state index is 0.0326. The molecule has 6 heteroatoms. The molecule has 1 N–H and O–H groups in total. The third kappa shape index (κ3) is 3.34. The Morgan fingerprint density at radius 2 is 2.38 bits per heavy atom. The third-order valence-corrected chi connectivity index (χ3v) is 2.21. The van der Waals surface area contributed by atoms with Crippen LogP contribution >= 0.6 is 11.6 Å². The molecular formula is C10H14ClN3O2. The predicted molar refractivity (Wildman–Crippen MR) is 61.8 cm³/mol. The fraction of sp³-hybridized carbons (Fsp3) is 0.500. The molecule has 0 atom stereocenters. The molecule has 0 amide bonds. The summed E-state index contributed by atoms with van der Waals surface area (Å²) in [6, 6.07) is 0. The number of nitrogens with zero attached hydrogens (tertiary/aromatic N) is 2. The van der Waals surface area contributed by atoms with E-state index < -0.39 is 5.97 Å². The number of esters is 1. The van der Waals surface area contributed by atoms with Crippen LogP contribution in [0.1, 0.15) is 30.3 Å². The molecule has 0 aliphatic heterocycles. The van der Waals surface area contributed by atoms with Crippen LogP contribution < -0.4 is 5.32 Å². The third-order valence-electron chi connectivity index (χ3n) is 1.95. The number of anilines is 1. The van der Waals surface area contributed by atoms with Crippen LogP contribution in [0.3, 0.4) is 0 Å². The van der Waals surface area contributed by atoms with Crippen LogP contribution in [0, 0.1) is 0 Å². The zero-order valence-corrected chi connectivity index (χ0v) is 10.0. The van der Waals surface area contributed by atoms with E-state index in [0.717, 1.165) is 19.4 Å². The Bertz CT molecular complexity index is 371. The summed E-state index contributed by atoms with van der Waals surface area (Å²) in [5.41, 5.74) is 0.0326. The first kappa shape index (κ1) is 12.7. The van der Waals surface area contributed by atoms with Crippen molar-refractivity contribution < 1.29 is 9.53 Å². The maximum atomic E-state index is 11.2. The smallest absolute Gasteiger partial charge is 0.359 e. The number of nitrogens with one attached hydrogen (secondary N) is 1. The highest BCUT2D eigenvalue weighted by Gasteiger charge is 2.13. The monoisotopic (exact) mass is 243 g/mol. The number of aromatic nitrogens is 2. The van der Waals surface area contributed by atoms with Crippen LogP contribution in [0.4, 0.5) is 5.82 Å². The summed E-state index contributed by atoms with van der Waals surface area (Å²) >= 11 is 5.80. The molecule has 88 valence electrons. The molecule has 0 bridgehead atoms. The van der Waals surface area contributed by atoms with Gasteiger partial charge in [-0.05, 0) is 6.42 Å². The van der Waals surface area contributed by atoms with Crippen molar-refractivity contribution in [1.29, 1.82) is 0 Å². The SMILES string of the molecule is CCCCNc1cnc(C(=O)OC)c(Cl)n1. The van der Waals surface area contributed by atoms with E-state index in [1.165, 1.54) is 13.3 Å². The fourth-order valence-electron chi connectivity index (χ4n) is 1.08. The van der Waals surface area contributed by atoms with E-state index >= 15 is 0 Å². The lowest BCUT2D eigenvalue weighted by atomic mass is 10.3. The molecule has 0 radical (unpaired) electrons. The quantitative estimate of drug-likeness (QED) is 0.634. The molecule has 0 spiro atoms. The van der Waals surface area contributed by atoms with Crippen molar-refractivity contribution in [3.8, 4) is 0 Å². The molecule has 1 aromatic rings. The van der Waals surface area contributed by atoms with Gasteiger partial charge in [0.1, 0.15) is 5.82 Å². The van der Waals surface area contributed by atoms with E-state index in [4.69, 9.17) is 11.6 Å². The van der Waals surface area contributed by atoms with E-state index in [1.54, 1.807) is 0 Å². The predicted octanol–water partition coefficient (Wildman–Crippen LogP) is 2.13. The summed E-state index contributed by atoms with van der Waals surface area (Å²) < 4.78 is 4.51. The summed E-state index contributed by atoms with van der Waals surface area (Å²) in [6.45, 7) is 2.90. The van der Waals surface area contributed by atoms with Crippen LogP contribution in [0.15, 0.2) is 6.20 Å². The number of carbonyl (C=O) groups is 1. The first-order chi connectivity index (χ1) is 7.69. The van der Waals surface area contributed by atoms with E-state index in [9.17, 15) is 4.79 Å². The number of ether oxygens (including phenoxy) is 1. The molecule has 5 nitrogen and oxygen atoms in total. The van der Waals surface area contributed by atoms with Gasteiger partial charge in [-0.15, -0.1) is 0 Å². The Labute approximate surface area is 99.2 Å². The van der Waals surface area contributed by atoms with Crippen LogP contribution in [-0.4, -0.2) is 29.6 Å². The number of hydrogen-bond acceptors (Lipinski definition) is 5. The van der Waals surface area contributed by atoms with Gasteiger partial charge in [0.2, 0.25) is 0 Å². The normalized spacial score (nSPS) is 9.94. The summed E-state index contributed by atoms with van der Waals surface area (Å²) in [5, 5.41) is 3.11. The van der Waals surface area contributed by atoms with Crippen molar-refractivity contribution in [2.24, 2.45) is 0 Å². The minimum atomic E-state index is -0.586. The van der Waals surface area contributed by atoms with Crippen LogP contribution in [0.5, 0.6) is 0 Å². The molecule has 1 rings (SSSR count). The summed E-state index contributed by atoms with van der Waals surface area (Å²) in [7, 11) is 1.27. The molecule has 0 unspecified atom stereocenters. The molecule has 0 aliphatic carbocycles. The second-order valence-electron chi connectivity index (χ2n) is 3.17. The van der Waals surface area contributed by atoms with Gasteiger partial charge in [-0.2, -0.15) is 0 Å². The van der Waals surface area contributed by atoms with Gasteiger partial charge >= 0.3 is 5.97 Å². The molecule has 1 aromatic heterocycles. The Morgan fingerprint density at radius 1 is 1.62 bits per heavy atom. The number of halogens is 1. The van der Waals surface area contributed by atoms with E-state index in [-0.39, 0.29) is 10.8 Å². The topological polar surface area (TPSA) is 64.1 Å². The largest absolute Gasteiger partial charge is 0.464 e. The highest BCUT2D eigenvalue weighted by molar-refractivity contribution is 6.32. The lowest BCUT2D eigenvalue weighted by Gasteiger charge is -2.05. The molecule has 0 aliphatic rings. The van der Waals surface area contributed by atoms with Crippen molar-refractivity contribution in [2.45, 2.75) is 19.8 Å². The van der Waals surface area contributed by atoms with Crippen LogP contribution in [0.25, 0.3) is 0 Å². The van der Waals surface area contributed by atoms with E-state index in [1.807, 2.05) is 0 Å². The van der Waals surface area contributed by atoms with Gasteiger partial charge in [-0.1, -0.05) is 24.9 Å². The molecule has 16 heavy (non-hydrogen) atoms. The van der Waals surface area contributed by atoms with Crippen molar-refractivity contribution in [3.63, 3.8) is 0 Å². The number of hydrogen-bond donors (Lipinski definition) is 1. The number of unbranched alkanes of at least 4 members (excludes halogenated alkanes) is 1. The number of carbonyl (C=O) groups excluding carboxylic acids is 1. The van der Waals surface area contributed by atoms with Crippen molar-refractivity contribution >= 4 is 23.4 Å². The van der Waals surface area contributed by atoms with Gasteiger partial charge in [-0.25, -0.2) is 14.8 Å². The summed E-state index contributed by atoms with van der Waals surface area (Å²) in [6.07, 6.45) is 3.60. The van der Waals surface area contributed by atoms with Crippen molar-refractivity contribution in [1.82, 2.24) is 9.97 Å². The zero-order chi connectivity index (χ0) is 12.0. The fourth-order valence-corrected chi connectivity index (χ4v) is 1.30. The Hall–Kier alpha value is -1.36. The number of methoxy groups -OCH3 is 1. The average Bonchev–Trinajstić information content (AvgIpc) is 2.29. The second kappa shape index (κ2) is 6.27. The average molecular weight is 244 g/mol. The van der Waals surface area contributed by atoms with Gasteiger partial charge in [0.25, 0.3) is 0 Å². The van der Waals surface area contributed by atoms with Gasteiger partial charge in [0.05, 0.1) is 13.3 Å². The second-order valence-corrected chi connectivity index (χ2v) is 3.52. The van der Waals surface area contributed by atoms with Crippen LogP contribution in [0.2, 0.25) is 5.15 Å². The summed E-state index contributed by atoms with van der Waals surface area (Å²) in [5.74, 6) is -0.0243. The molecule has 1 heterocycles. The summed E-state index contributed by atoms with van der Waals surface area (Å²) in [4.78, 5) is 19.1. The van der Waals surface area contributed by atoms with Gasteiger partial charge in [-0.3, -0.25) is 0 Å². The van der Waals surface area contributed by atoms with Gasteiger partial charge < -0.3 is 10.1 Å². The van der Waals surface area contributed by atoms with Crippen LogP contribution in [-0.2, 0) is 4.74 Å². The standard InChI is InChI=1S/C10H14ClN3O2/c1-3-4-5-12-7-6-13-8(9(11)14-7)10(15)16-2/h6H,3-5H2,1-2H3,(H,12,14). The first-order valence-corrected chi connectivity index (χ1v) is 5.41. The highest BCUT2D eigenvalue weighted by atomic mass is 35.5. The molecular weight excluding hydrogens is 230 g/mol. The first-order valence-electron chi connectivity index (χ1n) is 5.03. The van der Waals surface area contributed by atoms with E-state index in [0.29, 0.717) is 5.82 Å². The Morgan fingerprint density at radius 3 is 2.94 bits per heavy atom. The molecule has 0 fully saturated rings. The zero-order valence-electron chi connectivity index (χ0n) is 9.29. The molecule has 0 saturated carbocycles. The minimum Gasteiger partial charge on any atom is -0.464 e. The molecule has 0 saturated heterocycles. The Balaban J connectivity index is 2.71. The molecule has 0 aromatic carbocycles. The maximum absolute atomic E-state index is 11.2. The van der Waals surface area contributed by atoms with E-state index in [2.05, 4.69) is 26.9 Å².